The quantitative estimate of drug-likeness (QED) is 0.829. The molecule has 6 heteroatoms. The Labute approximate surface area is 155 Å². The van der Waals surface area contributed by atoms with Crippen molar-refractivity contribution in [1.82, 2.24) is 0 Å². The lowest BCUT2D eigenvalue weighted by Crippen LogP contribution is -2.23. The topological polar surface area (TPSA) is 66.5 Å². The molecule has 0 radical (unpaired) electrons. The van der Waals surface area contributed by atoms with Crippen LogP contribution in [0.3, 0.4) is 0 Å². The summed E-state index contributed by atoms with van der Waals surface area (Å²) >= 11 is 0. The van der Waals surface area contributed by atoms with Crippen molar-refractivity contribution in [2.45, 2.75) is 43.9 Å². The molecule has 1 atom stereocenters. The molecule has 5 nitrogen and oxygen atoms in total. The first-order valence-corrected chi connectivity index (χ1v) is 10.4. The lowest BCUT2D eigenvalue weighted by Gasteiger charge is -2.18. The molecule has 1 N–H and O–H groups in total. The molecule has 0 saturated carbocycles. The van der Waals surface area contributed by atoms with E-state index in [1.165, 1.54) is 0 Å². The van der Waals surface area contributed by atoms with Gasteiger partial charge in [-0.25, -0.2) is 8.42 Å². The zero-order valence-corrected chi connectivity index (χ0v) is 15.9. The number of anilines is 2. The van der Waals surface area contributed by atoms with Gasteiger partial charge in [-0.3, -0.25) is 9.52 Å². The Morgan fingerprint density at radius 3 is 2.42 bits per heavy atom. The van der Waals surface area contributed by atoms with Gasteiger partial charge >= 0.3 is 0 Å². The zero-order chi connectivity index (χ0) is 18.7. The third-order valence-corrected chi connectivity index (χ3v) is 6.26. The summed E-state index contributed by atoms with van der Waals surface area (Å²) in [5.41, 5.74) is 2.34. The Bertz CT molecular complexity index is 892. The van der Waals surface area contributed by atoms with E-state index in [1.807, 2.05) is 18.2 Å². The number of carbonyl (C=O) groups excluding carboxylic acids is 1. The van der Waals surface area contributed by atoms with Crippen molar-refractivity contribution in [3.63, 3.8) is 0 Å². The van der Waals surface area contributed by atoms with Crippen molar-refractivity contribution in [2.75, 3.05) is 16.2 Å². The fraction of sp³-hybridized carbons (Fsp3) is 0.350. The zero-order valence-electron chi connectivity index (χ0n) is 15.1. The van der Waals surface area contributed by atoms with Gasteiger partial charge in [-0.05, 0) is 54.7 Å². The molecule has 2 aromatic rings. The summed E-state index contributed by atoms with van der Waals surface area (Å²) in [6.45, 7) is 4.84. The minimum atomic E-state index is -3.68. The van der Waals surface area contributed by atoms with E-state index in [9.17, 15) is 13.2 Å². The number of amides is 1. The molecule has 1 heterocycles. The van der Waals surface area contributed by atoms with Crippen LogP contribution in [0.15, 0.2) is 53.4 Å². The number of carbonyl (C=O) groups is 1. The number of hydrogen-bond donors (Lipinski definition) is 1. The van der Waals surface area contributed by atoms with Crippen LogP contribution in [0, 0.1) is 0 Å². The van der Waals surface area contributed by atoms with Gasteiger partial charge in [0.25, 0.3) is 10.0 Å². The van der Waals surface area contributed by atoms with E-state index in [4.69, 9.17) is 0 Å². The molecule has 0 aliphatic carbocycles. The maximum absolute atomic E-state index is 12.8. The smallest absolute Gasteiger partial charge is 0.261 e. The number of para-hydroxylation sites is 1. The van der Waals surface area contributed by atoms with Gasteiger partial charge in [-0.2, -0.15) is 0 Å². The minimum Gasteiger partial charge on any atom is -0.312 e. The van der Waals surface area contributed by atoms with Gasteiger partial charge in [0.15, 0.2) is 0 Å². The number of benzene rings is 2. The standard InChI is InChI=1S/C20H24N2O3S/c1-3-15(2)18-7-4-5-8-19(18)21-26(24,25)17-12-10-16(11-13-17)22-14-6-9-20(22)23/h4-5,7-8,10-13,15,21H,3,6,9,14H2,1-2H3/t15-/m0/s1. The predicted octanol–water partition coefficient (Wildman–Crippen LogP) is 4.13. The monoisotopic (exact) mass is 372 g/mol. The first kappa shape index (κ1) is 18.5. The first-order valence-electron chi connectivity index (χ1n) is 8.94. The summed E-state index contributed by atoms with van der Waals surface area (Å²) in [6, 6.07) is 14.0. The van der Waals surface area contributed by atoms with Crippen LogP contribution in [0.1, 0.15) is 44.6 Å². The van der Waals surface area contributed by atoms with E-state index >= 15 is 0 Å². The normalized spacial score (nSPS) is 15.9. The van der Waals surface area contributed by atoms with Crippen LogP contribution < -0.4 is 9.62 Å². The molecule has 0 aromatic heterocycles. The van der Waals surface area contributed by atoms with Crippen LogP contribution in [0.5, 0.6) is 0 Å². The molecule has 1 aliphatic heterocycles. The Morgan fingerprint density at radius 2 is 1.81 bits per heavy atom. The Morgan fingerprint density at radius 1 is 1.12 bits per heavy atom. The molecular formula is C20H24N2O3S. The van der Waals surface area contributed by atoms with Gasteiger partial charge in [-0.1, -0.05) is 32.0 Å². The third kappa shape index (κ3) is 3.75. The van der Waals surface area contributed by atoms with Gasteiger partial charge in [0.05, 0.1) is 10.6 Å². The van der Waals surface area contributed by atoms with Crippen LogP contribution in [-0.2, 0) is 14.8 Å². The summed E-state index contributed by atoms with van der Waals surface area (Å²) in [6.07, 6.45) is 2.32. The van der Waals surface area contributed by atoms with E-state index in [2.05, 4.69) is 18.6 Å². The van der Waals surface area contributed by atoms with E-state index in [0.717, 1.165) is 24.1 Å². The molecule has 3 rings (SSSR count). The molecule has 138 valence electrons. The predicted molar refractivity (Wildman–Crippen MR) is 104 cm³/mol. The Hall–Kier alpha value is -2.34. The summed E-state index contributed by atoms with van der Waals surface area (Å²) in [5, 5.41) is 0. The van der Waals surface area contributed by atoms with E-state index in [1.54, 1.807) is 35.2 Å². The number of hydrogen-bond acceptors (Lipinski definition) is 3. The lowest BCUT2D eigenvalue weighted by atomic mass is 9.97. The number of nitrogens with zero attached hydrogens (tertiary/aromatic N) is 1. The average Bonchev–Trinajstić information content (AvgIpc) is 3.07. The number of sulfonamides is 1. The molecule has 26 heavy (non-hydrogen) atoms. The highest BCUT2D eigenvalue weighted by Gasteiger charge is 2.23. The largest absolute Gasteiger partial charge is 0.312 e. The molecule has 0 spiro atoms. The molecule has 1 fully saturated rings. The van der Waals surface area contributed by atoms with Crippen molar-refractivity contribution in [2.24, 2.45) is 0 Å². The van der Waals surface area contributed by atoms with Gasteiger partial charge in [-0.15, -0.1) is 0 Å². The maximum atomic E-state index is 12.8. The summed E-state index contributed by atoms with van der Waals surface area (Å²) < 4.78 is 28.2. The molecule has 1 amide bonds. The molecule has 2 aromatic carbocycles. The Balaban J connectivity index is 1.84. The maximum Gasteiger partial charge on any atom is 0.261 e. The lowest BCUT2D eigenvalue weighted by molar-refractivity contribution is -0.117. The highest BCUT2D eigenvalue weighted by atomic mass is 32.2. The van der Waals surface area contributed by atoms with Crippen molar-refractivity contribution in [3.8, 4) is 0 Å². The molecule has 1 saturated heterocycles. The summed E-state index contributed by atoms with van der Waals surface area (Å²) in [5.74, 6) is 0.346. The summed E-state index contributed by atoms with van der Waals surface area (Å²) in [4.78, 5) is 13.7. The first-order chi connectivity index (χ1) is 12.4. The van der Waals surface area contributed by atoms with Crippen LogP contribution in [0.2, 0.25) is 0 Å². The second-order valence-corrected chi connectivity index (χ2v) is 8.33. The summed E-state index contributed by atoms with van der Waals surface area (Å²) in [7, 11) is -3.68. The Kier molecular flexibility index (Phi) is 5.32. The molecule has 1 aliphatic rings. The van der Waals surface area contributed by atoms with Crippen molar-refractivity contribution >= 4 is 27.3 Å². The van der Waals surface area contributed by atoms with Crippen LogP contribution in [0.25, 0.3) is 0 Å². The van der Waals surface area contributed by atoms with Gasteiger partial charge in [0.1, 0.15) is 0 Å². The molecular weight excluding hydrogens is 348 g/mol. The SMILES string of the molecule is CC[C@H](C)c1ccccc1NS(=O)(=O)c1ccc(N2CCCC2=O)cc1. The number of rotatable bonds is 6. The average molecular weight is 372 g/mol. The van der Waals surface area contributed by atoms with E-state index < -0.39 is 10.0 Å². The highest BCUT2D eigenvalue weighted by molar-refractivity contribution is 7.92. The fourth-order valence-corrected chi connectivity index (χ4v) is 4.26. The second kappa shape index (κ2) is 7.50. The van der Waals surface area contributed by atoms with Crippen molar-refractivity contribution in [3.05, 3.63) is 54.1 Å². The van der Waals surface area contributed by atoms with Crippen LogP contribution in [0.4, 0.5) is 11.4 Å². The second-order valence-electron chi connectivity index (χ2n) is 6.64. The van der Waals surface area contributed by atoms with Gasteiger partial charge in [0.2, 0.25) is 5.91 Å². The minimum absolute atomic E-state index is 0.0845. The third-order valence-electron chi connectivity index (χ3n) is 4.88. The van der Waals surface area contributed by atoms with E-state index in [0.29, 0.717) is 18.7 Å². The molecule has 0 unspecified atom stereocenters. The number of nitrogens with one attached hydrogen (secondary N) is 1. The molecule has 0 bridgehead atoms. The highest BCUT2D eigenvalue weighted by Crippen LogP contribution is 2.29. The van der Waals surface area contributed by atoms with Gasteiger partial charge in [0, 0.05) is 18.7 Å². The van der Waals surface area contributed by atoms with Crippen molar-refractivity contribution < 1.29 is 13.2 Å². The van der Waals surface area contributed by atoms with Crippen LogP contribution in [-0.4, -0.2) is 20.9 Å². The van der Waals surface area contributed by atoms with E-state index in [-0.39, 0.29) is 16.7 Å². The fourth-order valence-electron chi connectivity index (χ4n) is 3.17. The van der Waals surface area contributed by atoms with Crippen molar-refractivity contribution in [1.29, 1.82) is 0 Å². The van der Waals surface area contributed by atoms with Gasteiger partial charge < -0.3 is 4.90 Å². The van der Waals surface area contributed by atoms with Crippen LogP contribution >= 0.6 is 0 Å².